The Balaban J connectivity index is 1.79. The monoisotopic (exact) mass is 360 g/mol. The number of carbonyl (C=O) groups excluding carboxylic acids is 2. The lowest BCUT2D eigenvalue weighted by Crippen LogP contribution is -2.57. The highest BCUT2D eigenvalue weighted by Crippen LogP contribution is 2.23. The van der Waals surface area contributed by atoms with Crippen molar-refractivity contribution in [1.29, 1.82) is 0 Å². The average molecular weight is 361 g/mol. The van der Waals surface area contributed by atoms with Gasteiger partial charge in [0.2, 0.25) is 5.91 Å². The highest BCUT2D eigenvalue weighted by molar-refractivity contribution is 6.31. The second-order valence-electron chi connectivity index (χ2n) is 6.25. The van der Waals surface area contributed by atoms with E-state index in [4.69, 9.17) is 11.6 Å². The first-order valence-electron chi connectivity index (χ1n) is 8.00. The van der Waals surface area contributed by atoms with Gasteiger partial charge in [0.05, 0.1) is 5.02 Å². The fourth-order valence-corrected chi connectivity index (χ4v) is 3.07. The van der Waals surface area contributed by atoms with Gasteiger partial charge in [-0.15, -0.1) is 0 Å². The number of hydrogen-bond acceptors (Lipinski definition) is 2. The molecular weight excluding hydrogens is 343 g/mol. The molecule has 4 nitrogen and oxygen atoms in total. The summed E-state index contributed by atoms with van der Waals surface area (Å²) in [6, 6.07) is 11.4. The largest absolute Gasteiger partial charge is 0.325 e. The lowest BCUT2D eigenvalue weighted by molar-refractivity contribution is -0.121. The molecule has 0 aliphatic carbocycles. The molecule has 1 heterocycles. The second-order valence-corrected chi connectivity index (χ2v) is 6.66. The Morgan fingerprint density at radius 3 is 2.52 bits per heavy atom. The van der Waals surface area contributed by atoms with Gasteiger partial charge in [-0.05, 0) is 44.2 Å². The Morgan fingerprint density at radius 1 is 1.20 bits per heavy atom. The summed E-state index contributed by atoms with van der Waals surface area (Å²) in [4.78, 5) is 28.4. The summed E-state index contributed by atoms with van der Waals surface area (Å²) in [5.74, 6) is -1.05. The molecular formula is C19H18ClFN2O2. The van der Waals surface area contributed by atoms with Crippen molar-refractivity contribution in [3.63, 3.8) is 0 Å². The van der Waals surface area contributed by atoms with Crippen molar-refractivity contribution in [3.05, 3.63) is 64.4 Å². The van der Waals surface area contributed by atoms with Crippen LogP contribution in [0, 0.1) is 12.7 Å². The van der Waals surface area contributed by atoms with Gasteiger partial charge in [0.1, 0.15) is 12.4 Å². The van der Waals surface area contributed by atoms with Crippen molar-refractivity contribution in [2.24, 2.45) is 0 Å². The van der Waals surface area contributed by atoms with Crippen LogP contribution in [-0.4, -0.2) is 35.8 Å². The van der Waals surface area contributed by atoms with E-state index in [-0.39, 0.29) is 35.0 Å². The molecule has 1 saturated heterocycles. The first-order valence-corrected chi connectivity index (χ1v) is 8.37. The molecule has 0 aromatic heterocycles. The number of halogens is 2. The number of piperazine rings is 1. The fraction of sp³-hybridized carbons (Fsp3) is 0.263. The molecule has 1 aliphatic rings. The van der Waals surface area contributed by atoms with Gasteiger partial charge in [-0.25, -0.2) is 4.39 Å². The molecule has 0 saturated carbocycles. The molecule has 1 fully saturated rings. The number of hydrogen-bond donors (Lipinski definition) is 0. The van der Waals surface area contributed by atoms with E-state index in [1.54, 1.807) is 4.90 Å². The summed E-state index contributed by atoms with van der Waals surface area (Å²) in [5, 5.41) is -0.108. The summed E-state index contributed by atoms with van der Waals surface area (Å²) < 4.78 is 13.3. The lowest BCUT2D eigenvalue weighted by Gasteiger charge is -2.39. The zero-order valence-corrected chi connectivity index (χ0v) is 14.8. The highest BCUT2D eigenvalue weighted by atomic mass is 35.5. The lowest BCUT2D eigenvalue weighted by atomic mass is 10.1. The number of benzene rings is 2. The molecule has 25 heavy (non-hydrogen) atoms. The standard InChI is InChI=1S/C19H18ClFN2O2/c1-12-3-6-15(7-4-12)23-10-13(2)22(11-18(23)24)19(25)14-5-8-17(21)16(20)9-14/h3-9,13H,10-11H2,1-2H3. The topological polar surface area (TPSA) is 40.6 Å². The van der Waals surface area contributed by atoms with Gasteiger partial charge < -0.3 is 9.80 Å². The van der Waals surface area contributed by atoms with E-state index >= 15 is 0 Å². The van der Waals surface area contributed by atoms with E-state index in [1.165, 1.54) is 17.0 Å². The molecule has 0 radical (unpaired) electrons. The first kappa shape index (κ1) is 17.4. The van der Waals surface area contributed by atoms with Crippen LogP contribution in [0.25, 0.3) is 0 Å². The van der Waals surface area contributed by atoms with Crippen LogP contribution in [0.4, 0.5) is 10.1 Å². The SMILES string of the molecule is Cc1ccc(N2CC(C)N(C(=O)c3ccc(F)c(Cl)c3)CC2=O)cc1. The number of amides is 2. The molecule has 2 aromatic carbocycles. The van der Waals surface area contributed by atoms with Crippen molar-refractivity contribution in [2.75, 3.05) is 18.0 Å². The van der Waals surface area contributed by atoms with Gasteiger partial charge >= 0.3 is 0 Å². The van der Waals surface area contributed by atoms with E-state index in [9.17, 15) is 14.0 Å². The Bertz CT molecular complexity index is 823. The molecule has 1 aliphatic heterocycles. The Morgan fingerprint density at radius 2 is 1.88 bits per heavy atom. The third-order valence-corrected chi connectivity index (χ3v) is 4.65. The van der Waals surface area contributed by atoms with E-state index in [0.717, 1.165) is 17.3 Å². The van der Waals surface area contributed by atoms with Crippen molar-refractivity contribution in [1.82, 2.24) is 4.90 Å². The Labute approximate surface area is 150 Å². The zero-order chi connectivity index (χ0) is 18.1. The van der Waals surface area contributed by atoms with Gasteiger partial charge in [0.25, 0.3) is 5.91 Å². The van der Waals surface area contributed by atoms with Gasteiger partial charge in [0.15, 0.2) is 0 Å². The van der Waals surface area contributed by atoms with E-state index in [1.807, 2.05) is 38.1 Å². The molecule has 0 spiro atoms. The third kappa shape index (κ3) is 3.51. The van der Waals surface area contributed by atoms with Gasteiger partial charge in [0, 0.05) is 23.8 Å². The number of nitrogens with zero attached hydrogens (tertiary/aromatic N) is 2. The zero-order valence-electron chi connectivity index (χ0n) is 14.0. The average Bonchev–Trinajstić information content (AvgIpc) is 2.59. The van der Waals surface area contributed by atoms with Gasteiger partial charge in [-0.2, -0.15) is 0 Å². The van der Waals surface area contributed by atoms with Crippen molar-refractivity contribution in [2.45, 2.75) is 19.9 Å². The van der Waals surface area contributed by atoms with Crippen LogP contribution in [0.15, 0.2) is 42.5 Å². The Kier molecular flexibility index (Phi) is 4.77. The third-order valence-electron chi connectivity index (χ3n) is 4.36. The van der Waals surface area contributed by atoms with Crippen LogP contribution in [-0.2, 0) is 4.79 Å². The highest BCUT2D eigenvalue weighted by Gasteiger charge is 2.33. The Hall–Kier alpha value is -2.40. The van der Waals surface area contributed by atoms with Crippen molar-refractivity contribution >= 4 is 29.1 Å². The predicted octanol–water partition coefficient (Wildman–Crippen LogP) is 3.67. The second kappa shape index (κ2) is 6.84. The summed E-state index contributed by atoms with van der Waals surface area (Å²) in [6.45, 7) is 4.25. The summed E-state index contributed by atoms with van der Waals surface area (Å²) in [7, 11) is 0. The normalized spacial score (nSPS) is 17.8. The van der Waals surface area contributed by atoms with Crippen LogP contribution < -0.4 is 4.90 Å². The fourth-order valence-electron chi connectivity index (χ4n) is 2.89. The summed E-state index contributed by atoms with van der Waals surface area (Å²) >= 11 is 5.76. The maximum Gasteiger partial charge on any atom is 0.254 e. The minimum Gasteiger partial charge on any atom is -0.325 e. The molecule has 1 atom stereocenters. The van der Waals surface area contributed by atoms with Crippen LogP contribution in [0.5, 0.6) is 0 Å². The molecule has 0 bridgehead atoms. The minimum atomic E-state index is -0.577. The van der Waals surface area contributed by atoms with Crippen molar-refractivity contribution < 1.29 is 14.0 Å². The van der Waals surface area contributed by atoms with Crippen LogP contribution in [0.1, 0.15) is 22.8 Å². The number of carbonyl (C=O) groups is 2. The molecule has 130 valence electrons. The molecule has 0 N–H and O–H groups in total. The van der Waals surface area contributed by atoms with Crippen LogP contribution >= 0.6 is 11.6 Å². The molecule has 1 unspecified atom stereocenters. The van der Waals surface area contributed by atoms with E-state index in [0.29, 0.717) is 6.54 Å². The molecule has 2 aromatic rings. The maximum absolute atomic E-state index is 13.3. The number of rotatable bonds is 2. The number of anilines is 1. The molecule has 2 amide bonds. The summed E-state index contributed by atoms with van der Waals surface area (Å²) in [5.41, 5.74) is 2.21. The minimum absolute atomic E-state index is 0.0249. The predicted molar refractivity (Wildman–Crippen MR) is 95.4 cm³/mol. The van der Waals surface area contributed by atoms with Gasteiger partial charge in [-0.3, -0.25) is 9.59 Å². The maximum atomic E-state index is 13.3. The summed E-state index contributed by atoms with van der Waals surface area (Å²) in [6.07, 6.45) is 0. The van der Waals surface area contributed by atoms with Crippen LogP contribution in [0.3, 0.4) is 0 Å². The smallest absolute Gasteiger partial charge is 0.254 e. The quantitative estimate of drug-likeness (QED) is 0.820. The van der Waals surface area contributed by atoms with Crippen LogP contribution in [0.2, 0.25) is 5.02 Å². The molecule has 3 rings (SSSR count). The number of aryl methyl sites for hydroxylation is 1. The van der Waals surface area contributed by atoms with Gasteiger partial charge in [-0.1, -0.05) is 29.3 Å². The first-order chi connectivity index (χ1) is 11.9. The van der Waals surface area contributed by atoms with E-state index in [2.05, 4.69) is 0 Å². The molecule has 6 heteroatoms. The van der Waals surface area contributed by atoms with Crippen molar-refractivity contribution in [3.8, 4) is 0 Å². The van der Waals surface area contributed by atoms with E-state index < -0.39 is 5.82 Å².